The van der Waals surface area contributed by atoms with Crippen molar-refractivity contribution in [1.29, 1.82) is 0 Å². The lowest BCUT2D eigenvalue weighted by Gasteiger charge is -2.08. The summed E-state index contributed by atoms with van der Waals surface area (Å²) in [5.74, 6) is 0. The van der Waals surface area contributed by atoms with Crippen LogP contribution in [0, 0.1) is 11.7 Å². The molecule has 2 rings (SSSR count). The molecule has 0 spiro atoms. The van der Waals surface area contributed by atoms with Crippen LogP contribution >= 0.6 is 28.1 Å². The highest BCUT2D eigenvalue weighted by atomic mass is 79.9. The van der Waals surface area contributed by atoms with Gasteiger partial charge in [0.2, 0.25) is 0 Å². The first-order chi connectivity index (χ1) is 7.56. The van der Waals surface area contributed by atoms with E-state index >= 15 is 0 Å². The van der Waals surface area contributed by atoms with Crippen molar-refractivity contribution in [2.75, 3.05) is 0 Å². The molecule has 0 amide bonds. The minimum Gasteiger partial charge on any atom is -0.331 e. The van der Waals surface area contributed by atoms with Crippen LogP contribution in [0.5, 0.6) is 0 Å². The smallest absolute Gasteiger partial charge is 0.263 e. The SMILES string of the molecule is CCn1c(=S)[nH]c2c(C)ccc(Br)c2c1=O. The van der Waals surface area contributed by atoms with Crippen LogP contribution in [-0.4, -0.2) is 9.55 Å². The number of nitrogens with zero attached hydrogens (tertiary/aromatic N) is 1. The highest BCUT2D eigenvalue weighted by Crippen LogP contribution is 2.22. The van der Waals surface area contributed by atoms with Crippen LogP contribution in [0.2, 0.25) is 0 Å². The Morgan fingerprint density at radius 1 is 1.50 bits per heavy atom. The zero-order chi connectivity index (χ0) is 11.9. The molecule has 2 aromatic rings. The maximum Gasteiger partial charge on any atom is 0.263 e. The van der Waals surface area contributed by atoms with Gasteiger partial charge in [0.1, 0.15) is 0 Å². The number of hydrogen-bond donors (Lipinski definition) is 1. The molecule has 0 saturated carbocycles. The van der Waals surface area contributed by atoms with Crippen molar-refractivity contribution in [2.24, 2.45) is 0 Å². The van der Waals surface area contributed by atoms with E-state index in [0.29, 0.717) is 16.7 Å². The highest BCUT2D eigenvalue weighted by Gasteiger charge is 2.09. The lowest BCUT2D eigenvalue weighted by molar-refractivity contribution is 0.704. The molecule has 5 heteroatoms. The van der Waals surface area contributed by atoms with E-state index in [1.165, 1.54) is 0 Å². The van der Waals surface area contributed by atoms with Crippen LogP contribution in [0.1, 0.15) is 12.5 Å². The monoisotopic (exact) mass is 298 g/mol. The molecule has 1 heterocycles. The second kappa shape index (κ2) is 4.14. The van der Waals surface area contributed by atoms with Gasteiger partial charge in [0.05, 0.1) is 10.9 Å². The molecule has 0 fully saturated rings. The number of nitrogens with one attached hydrogen (secondary N) is 1. The van der Waals surface area contributed by atoms with Gasteiger partial charge in [-0.25, -0.2) is 0 Å². The van der Waals surface area contributed by atoms with E-state index in [1.54, 1.807) is 4.57 Å². The summed E-state index contributed by atoms with van der Waals surface area (Å²) in [6, 6.07) is 3.84. The maximum absolute atomic E-state index is 12.2. The van der Waals surface area contributed by atoms with E-state index in [4.69, 9.17) is 12.2 Å². The summed E-state index contributed by atoms with van der Waals surface area (Å²) < 4.78 is 2.83. The number of H-pyrrole nitrogens is 1. The fraction of sp³-hybridized carbons (Fsp3) is 0.273. The average molecular weight is 299 g/mol. The topological polar surface area (TPSA) is 37.8 Å². The molecule has 1 aromatic heterocycles. The van der Waals surface area contributed by atoms with Gasteiger partial charge >= 0.3 is 0 Å². The molecule has 0 atom stereocenters. The minimum atomic E-state index is -0.0446. The maximum atomic E-state index is 12.2. The van der Waals surface area contributed by atoms with E-state index < -0.39 is 0 Å². The lowest BCUT2D eigenvalue weighted by Crippen LogP contribution is -2.21. The zero-order valence-electron chi connectivity index (χ0n) is 9.00. The summed E-state index contributed by atoms with van der Waals surface area (Å²) >= 11 is 8.56. The van der Waals surface area contributed by atoms with Gasteiger partial charge < -0.3 is 4.98 Å². The van der Waals surface area contributed by atoms with Gasteiger partial charge in [-0.1, -0.05) is 6.07 Å². The van der Waals surface area contributed by atoms with Crippen molar-refractivity contribution in [3.05, 3.63) is 37.3 Å². The van der Waals surface area contributed by atoms with Gasteiger partial charge in [0.15, 0.2) is 4.77 Å². The number of aromatic amines is 1. The Morgan fingerprint density at radius 3 is 2.81 bits per heavy atom. The molecule has 1 N–H and O–H groups in total. The second-order valence-electron chi connectivity index (χ2n) is 3.59. The van der Waals surface area contributed by atoms with E-state index in [0.717, 1.165) is 15.6 Å². The third kappa shape index (κ3) is 1.64. The molecular weight excluding hydrogens is 288 g/mol. The Bertz CT molecular complexity index is 672. The number of aromatic nitrogens is 2. The van der Waals surface area contributed by atoms with Crippen LogP contribution in [0.3, 0.4) is 0 Å². The Hall–Kier alpha value is -0.940. The van der Waals surface area contributed by atoms with Gasteiger partial charge in [-0.2, -0.15) is 0 Å². The van der Waals surface area contributed by atoms with Crippen molar-refractivity contribution in [3.63, 3.8) is 0 Å². The second-order valence-corrected chi connectivity index (χ2v) is 4.83. The first-order valence-corrected chi connectivity index (χ1v) is 6.18. The van der Waals surface area contributed by atoms with Crippen LogP contribution in [-0.2, 0) is 6.54 Å². The van der Waals surface area contributed by atoms with Crippen molar-refractivity contribution < 1.29 is 0 Å². The summed E-state index contributed by atoms with van der Waals surface area (Å²) in [6.45, 7) is 4.43. The highest BCUT2D eigenvalue weighted by molar-refractivity contribution is 9.10. The third-order valence-electron chi connectivity index (χ3n) is 2.62. The number of fused-ring (bicyclic) bond motifs is 1. The first kappa shape index (κ1) is 11.5. The van der Waals surface area contributed by atoms with E-state index in [-0.39, 0.29) is 5.56 Å². The molecular formula is C11H11BrN2OS. The Balaban J connectivity index is 3.11. The summed E-state index contributed by atoms with van der Waals surface area (Å²) in [4.78, 5) is 15.3. The summed E-state index contributed by atoms with van der Waals surface area (Å²) in [6.07, 6.45) is 0. The van der Waals surface area contributed by atoms with E-state index in [1.807, 2.05) is 26.0 Å². The predicted octanol–water partition coefficient (Wildman–Crippen LogP) is 3.15. The van der Waals surface area contributed by atoms with Crippen LogP contribution in [0.4, 0.5) is 0 Å². The molecule has 16 heavy (non-hydrogen) atoms. The molecule has 0 aliphatic heterocycles. The average Bonchev–Trinajstić information content (AvgIpc) is 2.24. The molecule has 0 radical (unpaired) electrons. The number of aryl methyl sites for hydroxylation is 1. The number of benzene rings is 1. The summed E-state index contributed by atoms with van der Waals surface area (Å²) in [7, 11) is 0. The standard InChI is InChI=1S/C11H11BrN2OS/c1-3-14-10(15)8-7(12)5-4-6(2)9(8)13-11(14)16/h4-5H,3H2,1-2H3,(H,13,16). The molecule has 84 valence electrons. The van der Waals surface area contributed by atoms with Gasteiger partial charge in [0, 0.05) is 11.0 Å². The van der Waals surface area contributed by atoms with Gasteiger partial charge in [-0.15, -0.1) is 0 Å². The first-order valence-electron chi connectivity index (χ1n) is 4.98. The lowest BCUT2D eigenvalue weighted by atomic mass is 10.1. The molecule has 0 bridgehead atoms. The largest absolute Gasteiger partial charge is 0.331 e. The summed E-state index contributed by atoms with van der Waals surface area (Å²) in [5.41, 5.74) is 1.79. The predicted molar refractivity (Wildman–Crippen MR) is 71.5 cm³/mol. The van der Waals surface area contributed by atoms with Crippen molar-refractivity contribution in [1.82, 2.24) is 9.55 Å². The van der Waals surface area contributed by atoms with Gasteiger partial charge in [-0.05, 0) is 53.6 Å². The van der Waals surface area contributed by atoms with Crippen LogP contribution in [0.25, 0.3) is 10.9 Å². The molecule has 3 nitrogen and oxygen atoms in total. The fourth-order valence-corrected chi connectivity index (χ4v) is 2.55. The quantitative estimate of drug-likeness (QED) is 0.821. The molecule has 0 aliphatic rings. The van der Waals surface area contributed by atoms with Crippen molar-refractivity contribution in [2.45, 2.75) is 20.4 Å². The molecule has 0 aliphatic carbocycles. The zero-order valence-corrected chi connectivity index (χ0v) is 11.4. The van der Waals surface area contributed by atoms with E-state index in [9.17, 15) is 4.79 Å². The minimum absolute atomic E-state index is 0.0446. The van der Waals surface area contributed by atoms with Gasteiger partial charge in [-0.3, -0.25) is 9.36 Å². The van der Waals surface area contributed by atoms with Crippen molar-refractivity contribution in [3.8, 4) is 0 Å². The number of hydrogen-bond acceptors (Lipinski definition) is 2. The van der Waals surface area contributed by atoms with Crippen LogP contribution < -0.4 is 5.56 Å². The molecule has 1 aromatic carbocycles. The normalized spacial score (nSPS) is 10.9. The Labute approximate surface area is 106 Å². The Kier molecular flexibility index (Phi) is 2.99. The summed E-state index contributed by atoms with van der Waals surface area (Å²) in [5, 5.41) is 0.662. The molecule has 0 saturated heterocycles. The van der Waals surface area contributed by atoms with Crippen LogP contribution in [0.15, 0.2) is 21.4 Å². The van der Waals surface area contributed by atoms with E-state index in [2.05, 4.69) is 20.9 Å². The third-order valence-corrected chi connectivity index (χ3v) is 3.60. The number of halogens is 1. The van der Waals surface area contributed by atoms with Crippen molar-refractivity contribution >= 4 is 39.1 Å². The molecule has 0 unspecified atom stereocenters. The van der Waals surface area contributed by atoms with Gasteiger partial charge in [0.25, 0.3) is 5.56 Å². The number of rotatable bonds is 1. The Morgan fingerprint density at radius 2 is 2.19 bits per heavy atom. The fourth-order valence-electron chi connectivity index (χ4n) is 1.74.